The summed E-state index contributed by atoms with van der Waals surface area (Å²) in [4.78, 5) is 11.1. The Morgan fingerprint density at radius 2 is 2.13 bits per heavy atom. The summed E-state index contributed by atoms with van der Waals surface area (Å²) in [5, 5.41) is 9.06. The monoisotopic (exact) mass is 213 g/mol. The lowest BCUT2D eigenvalue weighted by molar-refractivity contribution is -0.138. The first kappa shape index (κ1) is 5.15. The third-order valence-electron chi connectivity index (χ3n) is 2.03. The number of carboxylic acid groups (broad SMARTS) is 1. The first-order chi connectivity index (χ1) is 9.75. The third-order valence-corrected chi connectivity index (χ3v) is 2.03. The molecule has 82 valence electrons. The van der Waals surface area contributed by atoms with Gasteiger partial charge in [0.2, 0.25) is 0 Å². The van der Waals surface area contributed by atoms with Gasteiger partial charge in [-0.15, -0.1) is 0 Å². The molecule has 0 amide bonds. The van der Waals surface area contributed by atoms with E-state index in [1.54, 1.807) is 0 Å². The Hall–Kier alpha value is -1.31. The quantitative estimate of drug-likeness (QED) is 0.834. The van der Waals surface area contributed by atoms with Crippen LogP contribution in [0.5, 0.6) is 0 Å². The van der Waals surface area contributed by atoms with E-state index in [2.05, 4.69) is 0 Å². The molecule has 0 saturated heterocycles. The molecule has 0 aromatic heterocycles. The Balaban J connectivity index is 3.03. The van der Waals surface area contributed by atoms with Crippen molar-refractivity contribution in [3.63, 3.8) is 0 Å². The maximum atomic E-state index is 11.1. The Morgan fingerprint density at radius 1 is 1.47 bits per heavy atom. The molecule has 1 rings (SSSR count). The zero-order chi connectivity index (χ0) is 17.3. The minimum absolute atomic E-state index is 0.0463. The van der Waals surface area contributed by atoms with Gasteiger partial charge in [0.15, 0.2) is 0 Å². The predicted octanol–water partition coefficient (Wildman–Crippen LogP) is 3.07. The molecule has 2 unspecified atom stereocenters. The lowest BCUT2D eigenvalue weighted by Crippen LogP contribution is -2.07. The van der Waals surface area contributed by atoms with Crippen molar-refractivity contribution in [3.8, 4) is 0 Å². The molecular formula is C13H18O2. The molecular weight excluding hydrogens is 188 g/mol. The zero-order valence-electron chi connectivity index (χ0n) is 15.4. The molecule has 0 aliphatic carbocycles. The van der Waals surface area contributed by atoms with Gasteiger partial charge in [0.1, 0.15) is 0 Å². The molecule has 1 N–H and O–H groups in total. The van der Waals surface area contributed by atoms with E-state index in [0.29, 0.717) is 5.56 Å². The summed E-state index contributed by atoms with van der Waals surface area (Å²) in [6, 6.07) is 5.65. The van der Waals surface area contributed by atoms with E-state index in [9.17, 15) is 4.79 Å². The van der Waals surface area contributed by atoms with Crippen molar-refractivity contribution in [3.05, 3.63) is 35.4 Å². The van der Waals surface area contributed by atoms with E-state index in [0.717, 1.165) is 0 Å². The van der Waals surface area contributed by atoms with Gasteiger partial charge in [0.25, 0.3) is 0 Å². The van der Waals surface area contributed by atoms with Gasteiger partial charge in [0, 0.05) is 9.60 Å². The number of aliphatic carboxylic acids is 1. The molecule has 2 atom stereocenters. The molecule has 0 saturated carbocycles. The van der Waals surface area contributed by atoms with Crippen LogP contribution in [0.3, 0.4) is 0 Å². The fraction of sp³-hybridized carbons (Fsp3) is 0.462. The average molecular weight is 213 g/mol. The predicted molar refractivity (Wildman–Crippen MR) is 61.0 cm³/mol. The van der Waals surface area contributed by atoms with Crippen LogP contribution in [-0.2, 0) is 11.2 Å². The summed E-state index contributed by atoms with van der Waals surface area (Å²) >= 11 is 0. The first-order valence-corrected chi connectivity index (χ1v) is 4.57. The van der Waals surface area contributed by atoms with Gasteiger partial charge in [-0.1, -0.05) is 38.0 Å². The summed E-state index contributed by atoms with van der Waals surface area (Å²) in [6.07, 6.45) is -0.0463. The Morgan fingerprint density at radius 3 is 2.60 bits per heavy atom. The van der Waals surface area contributed by atoms with Crippen molar-refractivity contribution in [2.75, 3.05) is 0 Å². The largest absolute Gasteiger partial charge is 0.481 e. The number of carboxylic acids is 1. The highest BCUT2D eigenvalue weighted by Crippen LogP contribution is 2.17. The highest BCUT2D eigenvalue weighted by Gasteiger charge is 2.12. The summed E-state index contributed by atoms with van der Waals surface area (Å²) in [7, 11) is 0. The van der Waals surface area contributed by atoms with E-state index < -0.39 is 31.5 Å². The molecule has 0 aliphatic heterocycles. The third kappa shape index (κ3) is 3.39. The molecule has 0 spiro atoms. The van der Waals surface area contributed by atoms with Gasteiger partial charge >= 0.3 is 5.97 Å². The molecule has 0 heterocycles. The molecule has 0 radical (unpaired) electrons. The average Bonchev–Trinajstić information content (AvgIpc) is 2.27. The number of benzene rings is 1. The van der Waals surface area contributed by atoms with Gasteiger partial charge in [-0.2, -0.15) is 0 Å². The lowest BCUT2D eigenvalue weighted by Gasteiger charge is -2.09. The van der Waals surface area contributed by atoms with Crippen LogP contribution in [0.4, 0.5) is 0 Å². The van der Waals surface area contributed by atoms with Crippen molar-refractivity contribution in [1.29, 1.82) is 0 Å². The van der Waals surface area contributed by atoms with Crippen molar-refractivity contribution in [1.82, 2.24) is 0 Å². The minimum atomic E-state index is -2.67. The van der Waals surface area contributed by atoms with E-state index in [-0.39, 0.29) is 12.0 Å². The normalized spacial score (nSPS) is 25.3. The molecule has 1 aromatic carbocycles. The highest BCUT2D eigenvalue weighted by molar-refractivity contribution is 5.75. The fourth-order valence-electron chi connectivity index (χ4n) is 1.28. The van der Waals surface area contributed by atoms with Crippen LogP contribution in [-0.4, -0.2) is 11.1 Å². The van der Waals surface area contributed by atoms with Crippen molar-refractivity contribution < 1.29 is 19.5 Å². The van der Waals surface area contributed by atoms with Crippen LogP contribution in [0, 0.1) is 5.89 Å². The zero-order valence-corrected chi connectivity index (χ0v) is 8.45. The second-order valence-corrected chi connectivity index (χ2v) is 3.47. The highest BCUT2D eigenvalue weighted by atomic mass is 16.4. The van der Waals surface area contributed by atoms with E-state index in [1.165, 1.54) is 31.2 Å². The van der Waals surface area contributed by atoms with Gasteiger partial charge < -0.3 is 5.11 Å². The van der Waals surface area contributed by atoms with Crippen molar-refractivity contribution in [2.24, 2.45) is 5.89 Å². The molecule has 0 aliphatic rings. The van der Waals surface area contributed by atoms with Crippen LogP contribution in [0.25, 0.3) is 0 Å². The number of hydrogen-bond acceptors (Lipinski definition) is 1. The van der Waals surface area contributed by atoms with Crippen molar-refractivity contribution in [2.45, 2.75) is 33.0 Å². The van der Waals surface area contributed by atoms with Crippen LogP contribution in [0.1, 0.15) is 47.3 Å². The van der Waals surface area contributed by atoms with Gasteiger partial charge in [-0.05, 0) is 30.3 Å². The molecule has 15 heavy (non-hydrogen) atoms. The smallest absolute Gasteiger partial charge is 0.310 e. The Labute approximate surface area is 101 Å². The Kier molecular flexibility index (Phi) is 1.70. The van der Waals surface area contributed by atoms with Crippen LogP contribution >= 0.6 is 0 Å². The van der Waals surface area contributed by atoms with Gasteiger partial charge in [0.05, 0.1) is 5.92 Å². The standard InChI is InChI=1S/C13H18O2/c1-9(2)8-11-4-6-12(7-5-11)10(3)13(14)15/h4-7,9-10H,8H2,1-3H3,(H,14,15)/i1D3,3D3,9D. The van der Waals surface area contributed by atoms with Crippen LogP contribution in [0.2, 0.25) is 0 Å². The number of carbonyl (C=O) groups is 1. The molecule has 2 heteroatoms. The second kappa shape index (κ2) is 4.96. The molecule has 2 nitrogen and oxygen atoms in total. The fourth-order valence-corrected chi connectivity index (χ4v) is 1.28. The Bertz CT molecular complexity index is 529. The number of hydrogen-bond donors (Lipinski definition) is 1. The topological polar surface area (TPSA) is 37.3 Å². The second-order valence-electron chi connectivity index (χ2n) is 3.47. The van der Waals surface area contributed by atoms with E-state index >= 15 is 0 Å². The van der Waals surface area contributed by atoms with Gasteiger partial charge in [-0.3, -0.25) is 4.79 Å². The lowest BCUT2D eigenvalue weighted by atomic mass is 9.97. The van der Waals surface area contributed by atoms with Gasteiger partial charge in [-0.25, -0.2) is 0 Å². The first-order valence-electron chi connectivity index (χ1n) is 8.07. The summed E-state index contributed by atoms with van der Waals surface area (Å²) < 4.78 is 51.7. The van der Waals surface area contributed by atoms with Crippen LogP contribution in [0.15, 0.2) is 24.3 Å². The summed E-state index contributed by atoms with van der Waals surface area (Å²) in [6.45, 7) is -3.82. The SMILES string of the molecule is [2H]C([2H])([2H])C(C(=O)O)c1ccc(CC([2H])(C)C([2H])([2H])[2H])cc1. The molecule has 0 bridgehead atoms. The number of rotatable bonds is 4. The maximum Gasteiger partial charge on any atom is 0.310 e. The molecule has 0 fully saturated rings. The molecule has 1 aromatic rings. The van der Waals surface area contributed by atoms with Crippen LogP contribution < -0.4 is 0 Å². The van der Waals surface area contributed by atoms with Crippen molar-refractivity contribution >= 4 is 5.97 Å². The summed E-state index contributed by atoms with van der Waals surface area (Å²) in [5.74, 6) is -4.75. The van der Waals surface area contributed by atoms with E-state index in [4.69, 9.17) is 14.7 Å². The maximum absolute atomic E-state index is 11.1. The van der Waals surface area contributed by atoms with E-state index in [1.807, 2.05) is 0 Å². The minimum Gasteiger partial charge on any atom is -0.481 e. The summed E-state index contributed by atoms with van der Waals surface area (Å²) in [5.41, 5.74) is 0.656.